The maximum absolute atomic E-state index is 13.7. The number of halogens is 1. The van der Waals surface area contributed by atoms with Crippen LogP contribution in [-0.2, 0) is 6.54 Å². The summed E-state index contributed by atoms with van der Waals surface area (Å²) in [4.78, 5) is 34.0. The number of aromatic nitrogens is 2. The summed E-state index contributed by atoms with van der Waals surface area (Å²) in [5.41, 5.74) is 1.18. The molecule has 0 unspecified atom stereocenters. The molecule has 0 aliphatic rings. The normalized spacial score (nSPS) is 10.3. The number of rotatable bonds is 3. The predicted molar refractivity (Wildman–Crippen MR) is 68.5 cm³/mol. The summed E-state index contributed by atoms with van der Waals surface area (Å²) >= 11 is 0. The lowest BCUT2D eigenvalue weighted by atomic mass is 10.1. The summed E-state index contributed by atoms with van der Waals surface area (Å²) in [5.74, 6) is 3.81. The van der Waals surface area contributed by atoms with Gasteiger partial charge in [0, 0.05) is 23.3 Å². The second-order valence-corrected chi connectivity index (χ2v) is 4.01. The first-order valence-electron chi connectivity index (χ1n) is 5.61. The van der Waals surface area contributed by atoms with Crippen LogP contribution in [0.5, 0.6) is 0 Å². The Morgan fingerprint density at radius 1 is 1.30 bits per heavy atom. The lowest BCUT2D eigenvalue weighted by molar-refractivity contribution is 0.0953. The van der Waals surface area contributed by atoms with Crippen LogP contribution in [0.15, 0.2) is 39.9 Å². The Kier molecular flexibility index (Phi) is 3.76. The van der Waals surface area contributed by atoms with Crippen molar-refractivity contribution >= 4 is 5.91 Å². The Labute approximate surface area is 111 Å². The van der Waals surface area contributed by atoms with E-state index in [0.717, 1.165) is 22.9 Å². The van der Waals surface area contributed by atoms with E-state index in [4.69, 9.17) is 5.84 Å². The number of hydrogen-bond donors (Lipinski definition) is 3. The topological polar surface area (TPSA) is 110 Å². The molecule has 20 heavy (non-hydrogen) atoms. The Hall–Kier alpha value is -2.74. The highest BCUT2D eigenvalue weighted by atomic mass is 19.1. The van der Waals surface area contributed by atoms with E-state index in [1.165, 1.54) is 12.1 Å². The Balaban J connectivity index is 2.42. The zero-order valence-corrected chi connectivity index (χ0v) is 10.2. The van der Waals surface area contributed by atoms with Crippen molar-refractivity contribution in [3.8, 4) is 0 Å². The zero-order chi connectivity index (χ0) is 14.7. The van der Waals surface area contributed by atoms with E-state index < -0.39 is 22.8 Å². The maximum Gasteiger partial charge on any atom is 0.265 e. The fourth-order valence-corrected chi connectivity index (χ4v) is 1.67. The minimum atomic E-state index is -0.602. The molecule has 0 saturated heterocycles. The van der Waals surface area contributed by atoms with Crippen LogP contribution < -0.4 is 22.4 Å². The van der Waals surface area contributed by atoms with Gasteiger partial charge in [-0.05, 0) is 18.2 Å². The van der Waals surface area contributed by atoms with Crippen LogP contribution in [0, 0.1) is 5.82 Å². The van der Waals surface area contributed by atoms with E-state index in [1.807, 2.05) is 5.43 Å². The molecule has 1 heterocycles. The number of aromatic amines is 1. The highest BCUT2D eigenvalue weighted by Gasteiger charge is 2.10. The van der Waals surface area contributed by atoms with Gasteiger partial charge < -0.3 is 0 Å². The van der Waals surface area contributed by atoms with Crippen molar-refractivity contribution in [2.75, 3.05) is 0 Å². The number of carbonyl (C=O) groups excluding carboxylic acids is 1. The van der Waals surface area contributed by atoms with Crippen LogP contribution in [0.3, 0.4) is 0 Å². The average Bonchev–Trinajstić information content (AvgIpc) is 2.44. The van der Waals surface area contributed by atoms with E-state index in [0.29, 0.717) is 0 Å². The number of nitrogens with one attached hydrogen (secondary N) is 2. The van der Waals surface area contributed by atoms with Gasteiger partial charge in [0.25, 0.3) is 17.0 Å². The molecule has 0 spiro atoms. The molecule has 0 aliphatic heterocycles. The number of hydrogen-bond acceptors (Lipinski definition) is 4. The number of benzene rings is 1. The molecule has 2 aromatic rings. The van der Waals surface area contributed by atoms with E-state index in [9.17, 15) is 18.8 Å². The smallest absolute Gasteiger partial charge is 0.265 e. The molecule has 104 valence electrons. The molecule has 0 radical (unpaired) electrons. The van der Waals surface area contributed by atoms with Gasteiger partial charge in [-0.2, -0.15) is 0 Å². The number of amides is 1. The molecule has 1 amide bonds. The van der Waals surface area contributed by atoms with Gasteiger partial charge in [-0.3, -0.25) is 24.9 Å². The second kappa shape index (κ2) is 5.49. The third-order valence-corrected chi connectivity index (χ3v) is 2.66. The summed E-state index contributed by atoms with van der Waals surface area (Å²) < 4.78 is 14.6. The first-order valence-corrected chi connectivity index (χ1v) is 5.61. The molecule has 4 N–H and O–H groups in total. The molecular formula is C12H11FN4O3. The standard InChI is InChI=1S/C12H11FN4O3/c13-9-2-1-7(12(20)15-14)5-8(9)6-17-11(19)4-3-10(18)16-17/h1-5H,6,14H2,(H,15,20)(H,16,18). The fraction of sp³-hybridized carbons (Fsp3) is 0.0833. The quantitative estimate of drug-likeness (QED) is 0.393. The third-order valence-electron chi connectivity index (χ3n) is 2.66. The molecular weight excluding hydrogens is 267 g/mol. The number of hydrazine groups is 1. The number of H-pyrrole nitrogens is 1. The van der Waals surface area contributed by atoms with Gasteiger partial charge in [0.2, 0.25) is 0 Å². The van der Waals surface area contributed by atoms with Crippen LogP contribution in [0.1, 0.15) is 15.9 Å². The predicted octanol–water partition coefficient (Wildman–Crippen LogP) is -0.673. The Bertz CT molecular complexity index is 766. The average molecular weight is 278 g/mol. The minimum Gasteiger partial charge on any atom is -0.290 e. The SMILES string of the molecule is NNC(=O)c1ccc(F)c(Cn2[nH]c(=O)ccc2=O)c1. The van der Waals surface area contributed by atoms with Crippen LogP contribution in [-0.4, -0.2) is 15.7 Å². The molecule has 1 aromatic heterocycles. The fourth-order valence-electron chi connectivity index (χ4n) is 1.67. The highest BCUT2D eigenvalue weighted by molar-refractivity contribution is 5.93. The summed E-state index contributed by atoms with van der Waals surface area (Å²) in [5, 5.41) is 2.27. The number of nitrogens with two attached hydrogens (primary N) is 1. The number of nitrogens with zero attached hydrogens (tertiary/aromatic N) is 1. The number of nitrogen functional groups attached to an aromatic ring is 1. The first-order chi connectivity index (χ1) is 9.51. The van der Waals surface area contributed by atoms with Crippen LogP contribution in [0.4, 0.5) is 4.39 Å². The molecule has 1 aromatic carbocycles. The van der Waals surface area contributed by atoms with Crippen LogP contribution >= 0.6 is 0 Å². The second-order valence-electron chi connectivity index (χ2n) is 4.01. The molecule has 0 aliphatic carbocycles. The van der Waals surface area contributed by atoms with Crippen molar-refractivity contribution < 1.29 is 9.18 Å². The summed E-state index contributed by atoms with van der Waals surface area (Å²) in [7, 11) is 0. The monoisotopic (exact) mass is 278 g/mol. The molecule has 2 rings (SSSR count). The van der Waals surface area contributed by atoms with Gasteiger partial charge in [-0.1, -0.05) is 0 Å². The van der Waals surface area contributed by atoms with Crippen molar-refractivity contribution in [3.05, 3.63) is 68.0 Å². The van der Waals surface area contributed by atoms with Crippen molar-refractivity contribution in [1.29, 1.82) is 0 Å². The van der Waals surface area contributed by atoms with E-state index in [1.54, 1.807) is 0 Å². The summed E-state index contributed by atoms with van der Waals surface area (Å²) in [6.07, 6.45) is 0. The van der Waals surface area contributed by atoms with Gasteiger partial charge in [0.1, 0.15) is 5.82 Å². The molecule has 0 atom stereocenters. The zero-order valence-electron chi connectivity index (χ0n) is 10.2. The lowest BCUT2D eigenvalue weighted by Gasteiger charge is -2.08. The van der Waals surface area contributed by atoms with Crippen molar-refractivity contribution in [2.24, 2.45) is 5.84 Å². The molecule has 0 saturated carbocycles. The first kappa shape index (κ1) is 13.7. The van der Waals surface area contributed by atoms with Crippen LogP contribution in [0.2, 0.25) is 0 Å². The summed E-state index contributed by atoms with van der Waals surface area (Å²) in [6, 6.07) is 5.76. The molecule has 8 heteroatoms. The van der Waals surface area contributed by atoms with Gasteiger partial charge in [0.15, 0.2) is 0 Å². The number of carbonyl (C=O) groups is 1. The van der Waals surface area contributed by atoms with E-state index in [-0.39, 0.29) is 17.7 Å². The molecule has 0 fully saturated rings. The largest absolute Gasteiger partial charge is 0.290 e. The highest BCUT2D eigenvalue weighted by Crippen LogP contribution is 2.11. The van der Waals surface area contributed by atoms with E-state index in [2.05, 4.69) is 5.10 Å². The Morgan fingerprint density at radius 3 is 2.75 bits per heavy atom. The van der Waals surface area contributed by atoms with Crippen LogP contribution in [0.25, 0.3) is 0 Å². The summed E-state index contributed by atoms with van der Waals surface area (Å²) in [6.45, 7) is -0.202. The third kappa shape index (κ3) is 2.81. The molecule has 7 nitrogen and oxygen atoms in total. The maximum atomic E-state index is 13.7. The van der Waals surface area contributed by atoms with Crippen molar-refractivity contribution in [3.63, 3.8) is 0 Å². The van der Waals surface area contributed by atoms with Crippen molar-refractivity contribution in [2.45, 2.75) is 6.54 Å². The van der Waals surface area contributed by atoms with Gasteiger partial charge in [-0.15, -0.1) is 0 Å². The van der Waals surface area contributed by atoms with E-state index >= 15 is 0 Å². The van der Waals surface area contributed by atoms with Gasteiger partial charge in [-0.25, -0.2) is 14.9 Å². The van der Waals surface area contributed by atoms with Crippen molar-refractivity contribution in [1.82, 2.24) is 15.2 Å². The lowest BCUT2D eigenvalue weighted by Crippen LogP contribution is -2.31. The minimum absolute atomic E-state index is 0.0788. The molecule has 0 bridgehead atoms. The van der Waals surface area contributed by atoms with Gasteiger partial charge in [0.05, 0.1) is 6.54 Å². The van der Waals surface area contributed by atoms with Gasteiger partial charge >= 0.3 is 0 Å². The Morgan fingerprint density at radius 2 is 2.05 bits per heavy atom.